The van der Waals surface area contributed by atoms with E-state index >= 15 is 0 Å². The van der Waals surface area contributed by atoms with Crippen molar-refractivity contribution in [2.45, 2.75) is 75.9 Å². The molecule has 2 unspecified atom stereocenters. The van der Waals surface area contributed by atoms with Crippen molar-refractivity contribution in [2.24, 2.45) is 11.7 Å². The summed E-state index contributed by atoms with van der Waals surface area (Å²) in [6, 6.07) is 1.51. The molecule has 3 rings (SSSR count). The van der Waals surface area contributed by atoms with Crippen LogP contribution in [0.3, 0.4) is 0 Å². The van der Waals surface area contributed by atoms with Crippen molar-refractivity contribution in [1.29, 1.82) is 0 Å². The molecule has 0 radical (unpaired) electrons. The van der Waals surface area contributed by atoms with E-state index in [0.717, 1.165) is 31.7 Å². The van der Waals surface area contributed by atoms with Crippen LogP contribution in [0, 0.1) is 5.92 Å². The van der Waals surface area contributed by atoms with Gasteiger partial charge >= 0.3 is 0 Å². The summed E-state index contributed by atoms with van der Waals surface area (Å²) in [7, 11) is 0. The van der Waals surface area contributed by atoms with Gasteiger partial charge < -0.3 is 16.0 Å². The number of rotatable bonds is 4. The number of nitrogens with zero attached hydrogens (tertiary/aromatic N) is 1. The molecule has 3 fully saturated rings. The normalized spacial score (nSPS) is 33.0. The number of likely N-dealkylation sites (tertiary alicyclic amines) is 1. The molecule has 114 valence electrons. The molecule has 4 nitrogen and oxygen atoms in total. The van der Waals surface area contributed by atoms with E-state index in [-0.39, 0.29) is 11.9 Å². The zero-order valence-corrected chi connectivity index (χ0v) is 12.5. The number of carbonyl (C=O) groups is 1. The lowest BCUT2D eigenvalue weighted by Gasteiger charge is -2.33. The first-order valence-electron chi connectivity index (χ1n) is 8.51. The maximum Gasteiger partial charge on any atom is 0.220 e. The predicted octanol–water partition coefficient (Wildman–Crippen LogP) is 1.64. The minimum Gasteiger partial charge on any atom is -0.353 e. The van der Waals surface area contributed by atoms with Crippen LogP contribution < -0.4 is 11.1 Å². The number of hydrogen-bond acceptors (Lipinski definition) is 3. The molecule has 1 amide bonds. The van der Waals surface area contributed by atoms with Gasteiger partial charge in [-0.05, 0) is 44.4 Å². The number of nitrogens with one attached hydrogen (secondary N) is 1. The van der Waals surface area contributed by atoms with Crippen molar-refractivity contribution in [3.8, 4) is 0 Å². The fourth-order valence-electron chi connectivity index (χ4n) is 3.86. The molecule has 3 N–H and O–H groups in total. The first-order valence-corrected chi connectivity index (χ1v) is 8.51. The average molecular weight is 279 g/mol. The molecular weight excluding hydrogens is 250 g/mol. The molecule has 3 aliphatic rings. The van der Waals surface area contributed by atoms with Crippen LogP contribution in [-0.2, 0) is 4.79 Å². The maximum atomic E-state index is 12.2. The molecular formula is C16H29N3O. The largest absolute Gasteiger partial charge is 0.353 e. The molecule has 2 atom stereocenters. The fraction of sp³-hybridized carbons (Fsp3) is 0.938. The smallest absolute Gasteiger partial charge is 0.220 e. The molecule has 1 aliphatic heterocycles. The van der Waals surface area contributed by atoms with Crippen molar-refractivity contribution < 1.29 is 4.79 Å². The lowest BCUT2D eigenvalue weighted by Crippen LogP contribution is -2.46. The Hall–Kier alpha value is -0.610. The van der Waals surface area contributed by atoms with Gasteiger partial charge in [0.05, 0.1) is 0 Å². The van der Waals surface area contributed by atoms with Gasteiger partial charge in [-0.25, -0.2) is 0 Å². The summed E-state index contributed by atoms with van der Waals surface area (Å²) in [4.78, 5) is 14.8. The zero-order chi connectivity index (χ0) is 13.9. The molecule has 1 saturated heterocycles. The van der Waals surface area contributed by atoms with E-state index in [4.69, 9.17) is 5.73 Å². The van der Waals surface area contributed by atoms with Gasteiger partial charge in [0.2, 0.25) is 5.91 Å². The summed E-state index contributed by atoms with van der Waals surface area (Å²) in [6.45, 7) is 2.33. The van der Waals surface area contributed by atoms with Crippen molar-refractivity contribution in [3.63, 3.8) is 0 Å². The Bertz CT molecular complexity index is 335. The SMILES string of the molecule is NC1CCCCC1CC(=O)NC1CCN(C2CC2)CC1. The number of nitrogens with two attached hydrogens (primary N) is 1. The quantitative estimate of drug-likeness (QED) is 0.822. The summed E-state index contributed by atoms with van der Waals surface area (Å²) in [6.07, 6.45) is 10.4. The van der Waals surface area contributed by atoms with Crippen LogP contribution in [0.4, 0.5) is 0 Å². The zero-order valence-electron chi connectivity index (χ0n) is 12.5. The summed E-state index contributed by atoms with van der Waals surface area (Å²) in [5.74, 6) is 0.646. The average Bonchev–Trinajstić information content (AvgIpc) is 3.27. The molecule has 4 heteroatoms. The third-order valence-electron chi connectivity index (χ3n) is 5.37. The van der Waals surface area contributed by atoms with E-state index in [1.807, 2.05) is 0 Å². The second-order valence-electron chi connectivity index (χ2n) is 7.02. The van der Waals surface area contributed by atoms with Crippen LogP contribution in [0.5, 0.6) is 0 Å². The number of piperidine rings is 1. The summed E-state index contributed by atoms with van der Waals surface area (Å²) < 4.78 is 0. The molecule has 0 aromatic rings. The molecule has 2 saturated carbocycles. The van der Waals surface area contributed by atoms with Crippen molar-refractivity contribution in [3.05, 3.63) is 0 Å². The van der Waals surface area contributed by atoms with Gasteiger partial charge in [0.1, 0.15) is 0 Å². The minimum atomic E-state index is 0.234. The van der Waals surface area contributed by atoms with Gasteiger partial charge in [0.15, 0.2) is 0 Å². The molecule has 20 heavy (non-hydrogen) atoms. The topological polar surface area (TPSA) is 58.4 Å². The maximum absolute atomic E-state index is 12.2. The van der Waals surface area contributed by atoms with Gasteiger partial charge in [0, 0.05) is 37.6 Å². The minimum absolute atomic E-state index is 0.234. The van der Waals surface area contributed by atoms with Crippen LogP contribution in [0.25, 0.3) is 0 Å². The van der Waals surface area contributed by atoms with E-state index in [9.17, 15) is 4.79 Å². The van der Waals surface area contributed by atoms with Crippen molar-refractivity contribution in [2.75, 3.05) is 13.1 Å². The van der Waals surface area contributed by atoms with Gasteiger partial charge in [0.25, 0.3) is 0 Å². The number of amides is 1. The lowest BCUT2D eigenvalue weighted by atomic mass is 9.83. The van der Waals surface area contributed by atoms with Crippen LogP contribution >= 0.6 is 0 Å². The van der Waals surface area contributed by atoms with Crippen molar-refractivity contribution >= 4 is 5.91 Å². The molecule has 0 spiro atoms. The highest BCUT2D eigenvalue weighted by Crippen LogP contribution is 2.29. The molecule has 2 aliphatic carbocycles. The summed E-state index contributed by atoms with van der Waals surface area (Å²) in [5.41, 5.74) is 6.13. The van der Waals surface area contributed by atoms with E-state index in [1.165, 1.54) is 38.8 Å². The Balaban J connectivity index is 1.38. The van der Waals surface area contributed by atoms with Gasteiger partial charge in [-0.15, -0.1) is 0 Å². The Kier molecular flexibility index (Phi) is 4.61. The van der Waals surface area contributed by atoms with Crippen LogP contribution in [0.2, 0.25) is 0 Å². The van der Waals surface area contributed by atoms with Crippen LogP contribution in [-0.4, -0.2) is 42.0 Å². The molecule has 0 aromatic heterocycles. The summed E-state index contributed by atoms with van der Waals surface area (Å²) >= 11 is 0. The standard InChI is InChI=1S/C16H29N3O/c17-15-4-2-1-3-12(15)11-16(20)18-13-7-9-19(10-8-13)14-5-6-14/h12-15H,1-11,17H2,(H,18,20). The Morgan fingerprint density at radius 1 is 1.05 bits per heavy atom. The van der Waals surface area contributed by atoms with E-state index < -0.39 is 0 Å². The third-order valence-corrected chi connectivity index (χ3v) is 5.37. The first-order chi connectivity index (χ1) is 9.72. The highest BCUT2D eigenvalue weighted by Gasteiger charge is 2.32. The highest BCUT2D eigenvalue weighted by atomic mass is 16.1. The van der Waals surface area contributed by atoms with Gasteiger partial charge in [-0.3, -0.25) is 4.79 Å². The second kappa shape index (κ2) is 6.44. The monoisotopic (exact) mass is 279 g/mol. The molecule has 1 heterocycles. The van der Waals surface area contributed by atoms with Gasteiger partial charge in [-0.2, -0.15) is 0 Å². The Morgan fingerprint density at radius 3 is 2.40 bits per heavy atom. The Labute approximate surface area is 122 Å². The molecule has 0 bridgehead atoms. The fourth-order valence-corrected chi connectivity index (χ4v) is 3.86. The van der Waals surface area contributed by atoms with Crippen LogP contribution in [0.15, 0.2) is 0 Å². The van der Waals surface area contributed by atoms with E-state index in [2.05, 4.69) is 10.2 Å². The second-order valence-corrected chi connectivity index (χ2v) is 7.02. The van der Waals surface area contributed by atoms with Crippen molar-refractivity contribution in [1.82, 2.24) is 10.2 Å². The van der Waals surface area contributed by atoms with Gasteiger partial charge in [-0.1, -0.05) is 12.8 Å². The lowest BCUT2D eigenvalue weighted by molar-refractivity contribution is -0.123. The van der Waals surface area contributed by atoms with E-state index in [1.54, 1.807) is 0 Å². The number of carbonyl (C=O) groups excluding carboxylic acids is 1. The van der Waals surface area contributed by atoms with Crippen LogP contribution in [0.1, 0.15) is 57.8 Å². The third kappa shape index (κ3) is 3.73. The summed E-state index contributed by atoms with van der Waals surface area (Å²) in [5, 5.41) is 3.25. The first kappa shape index (κ1) is 14.3. The molecule has 0 aromatic carbocycles. The highest BCUT2D eigenvalue weighted by molar-refractivity contribution is 5.76. The number of hydrogen-bond donors (Lipinski definition) is 2. The van der Waals surface area contributed by atoms with E-state index in [0.29, 0.717) is 18.4 Å². The Morgan fingerprint density at radius 2 is 1.75 bits per heavy atom. The predicted molar refractivity (Wildman–Crippen MR) is 80.3 cm³/mol.